The Morgan fingerprint density at radius 3 is 2.57 bits per heavy atom. The van der Waals surface area contributed by atoms with Crippen LogP contribution in [0.5, 0.6) is 0 Å². The van der Waals surface area contributed by atoms with Crippen molar-refractivity contribution >= 4 is 18.1 Å². The average molecular weight is 317 g/mol. The molecule has 3 rings (SSSR count). The molecule has 7 nitrogen and oxygen atoms in total. The van der Waals surface area contributed by atoms with Crippen molar-refractivity contribution in [3.8, 4) is 0 Å². The maximum atomic E-state index is 12.5. The summed E-state index contributed by atoms with van der Waals surface area (Å²) in [6.07, 6.45) is 3.12. The summed E-state index contributed by atoms with van der Waals surface area (Å²) in [5.74, 6) is 1.29. The minimum Gasteiger partial charge on any atom is -0.352 e. The topological polar surface area (TPSA) is 69.6 Å². The summed E-state index contributed by atoms with van der Waals surface area (Å²) in [7, 11) is 0. The molecule has 3 heterocycles. The summed E-state index contributed by atoms with van der Waals surface area (Å²) in [6, 6.07) is 3.61. The molecule has 2 aliphatic rings. The van der Waals surface area contributed by atoms with E-state index in [9.17, 15) is 9.59 Å². The van der Waals surface area contributed by atoms with Gasteiger partial charge in [-0.3, -0.25) is 9.59 Å². The number of nitrogens with zero attached hydrogens (tertiary/aromatic N) is 5. The van der Waals surface area contributed by atoms with Crippen LogP contribution in [0.4, 0.5) is 5.82 Å². The molecule has 0 N–H and O–H groups in total. The third kappa shape index (κ3) is 3.60. The lowest BCUT2D eigenvalue weighted by Crippen LogP contribution is -2.46. The van der Waals surface area contributed by atoms with Gasteiger partial charge in [-0.15, -0.1) is 10.2 Å². The second kappa shape index (κ2) is 6.93. The lowest BCUT2D eigenvalue weighted by atomic mass is 10.00. The molecule has 1 aromatic rings. The van der Waals surface area contributed by atoms with Gasteiger partial charge in [0, 0.05) is 39.3 Å². The number of piperazine rings is 1. The number of hydrogen-bond donors (Lipinski definition) is 0. The Kier molecular flexibility index (Phi) is 4.73. The number of rotatable bonds is 3. The van der Waals surface area contributed by atoms with Gasteiger partial charge in [0.15, 0.2) is 11.5 Å². The Morgan fingerprint density at radius 1 is 1.17 bits per heavy atom. The molecule has 2 fully saturated rings. The average Bonchev–Trinajstić information content (AvgIpc) is 2.61. The number of hydrogen-bond acceptors (Lipinski definition) is 5. The SMILES string of the molecule is CC1CCCN(C(=O)c2ccc(N3CCN(C=O)CC3)nn2)C1. The lowest BCUT2D eigenvalue weighted by Gasteiger charge is -2.33. The summed E-state index contributed by atoms with van der Waals surface area (Å²) in [6.45, 7) is 6.65. The first-order chi connectivity index (χ1) is 11.2. The molecule has 124 valence electrons. The molecule has 2 amide bonds. The van der Waals surface area contributed by atoms with Crippen LogP contribution in [-0.2, 0) is 4.79 Å². The summed E-state index contributed by atoms with van der Waals surface area (Å²) in [4.78, 5) is 28.9. The number of carbonyl (C=O) groups is 2. The molecule has 1 unspecified atom stereocenters. The molecule has 2 aliphatic heterocycles. The van der Waals surface area contributed by atoms with Crippen LogP contribution in [0.3, 0.4) is 0 Å². The number of anilines is 1. The van der Waals surface area contributed by atoms with Gasteiger partial charge < -0.3 is 14.7 Å². The van der Waals surface area contributed by atoms with Crippen LogP contribution in [0.25, 0.3) is 0 Å². The van der Waals surface area contributed by atoms with E-state index in [1.54, 1.807) is 11.0 Å². The van der Waals surface area contributed by atoms with Crippen LogP contribution in [-0.4, -0.2) is 71.6 Å². The van der Waals surface area contributed by atoms with Crippen LogP contribution in [0.15, 0.2) is 12.1 Å². The maximum absolute atomic E-state index is 12.5. The normalized spacial score (nSPS) is 22.1. The summed E-state index contributed by atoms with van der Waals surface area (Å²) in [5, 5.41) is 8.34. The summed E-state index contributed by atoms with van der Waals surface area (Å²) < 4.78 is 0. The molecule has 0 spiro atoms. The van der Waals surface area contributed by atoms with Gasteiger partial charge in [0.25, 0.3) is 5.91 Å². The van der Waals surface area contributed by atoms with E-state index in [1.807, 2.05) is 11.0 Å². The molecule has 0 aromatic carbocycles. The highest BCUT2D eigenvalue weighted by atomic mass is 16.2. The minimum absolute atomic E-state index is 0.0265. The molecule has 7 heteroatoms. The van der Waals surface area contributed by atoms with Gasteiger partial charge in [0.05, 0.1) is 0 Å². The van der Waals surface area contributed by atoms with Crippen LogP contribution in [0.1, 0.15) is 30.3 Å². The van der Waals surface area contributed by atoms with Crippen molar-refractivity contribution in [1.29, 1.82) is 0 Å². The zero-order valence-corrected chi connectivity index (χ0v) is 13.5. The Morgan fingerprint density at radius 2 is 1.96 bits per heavy atom. The number of piperidine rings is 1. The van der Waals surface area contributed by atoms with Gasteiger partial charge in [-0.1, -0.05) is 6.92 Å². The molecule has 2 saturated heterocycles. The van der Waals surface area contributed by atoms with E-state index in [2.05, 4.69) is 22.0 Å². The van der Waals surface area contributed by atoms with Crippen molar-refractivity contribution < 1.29 is 9.59 Å². The minimum atomic E-state index is -0.0265. The Bertz CT molecular complexity index is 554. The molecule has 0 bridgehead atoms. The van der Waals surface area contributed by atoms with Crippen molar-refractivity contribution in [2.24, 2.45) is 5.92 Å². The van der Waals surface area contributed by atoms with Gasteiger partial charge in [0.2, 0.25) is 6.41 Å². The predicted octanol–water partition coefficient (Wildman–Crippen LogP) is 0.627. The lowest BCUT2D eigenvalue weighted by molar-refractivity contribution is -0.118. The first-order valence-corrected chi connectivity index (χ1v) is 8.24. The largest absolute Gasteiger partial charge is 0.352 e. The number of likely N-dealkylation sites (tertiary alicyclic amines) is 1. The number of carbonyl (C=O) groups excluding carboxylic acids is 2. The van der Waals surface area contributed by atoms with E-state index in [1.165, 1.54) is 6.42 Å². The Balaban J connectivity index is 1.63. The van der Waals surface area contributed by atoms with E-state index in [4.69, 9.17) is 0 Å². The van der Waals surface area contributed by atoms with Crippen molar-refractivity contribution in [3.63, 3.8) is 0 Å². The van der Waals surface area contributed by atoms with Crippen LogP contribution in [0.2, 0.25) is 0 Å². The van der Waals surface area contributed by atoms with Crippen molar-refractivity contribution in [2.75, 3.05) is 44.2 Å². The summed E-state index contributed by atoms with van der Waals surface area (Å²) in [5.41, 5.74) is 0.411. The number of aromatic nitrogens is 2. The number of amides is 2. The highest BCUT2D eigenvalue weighted by Crippen LogP contribution is 2.18. The zero-order chi connectivity index (χ0) is 16.2. The molecular weight excluding hydrogens is 294 g/mol. The van der Waals surface area contributed by atoms with E-state index in [-0.39, 0.29) is 5.91 Å². The van der Waals surface area contributed by atoms with Crippen LogP contribution in [0, 0.1) is 5.92 Å². The first-order valence-electron chi connectivity index (χ1n) is 8.24. The van der Waals surface area contributed by atoms with E-state index >= 15 is 0 Å². The summed E-state index contributed by atoms with van der Waals surface area (Å²) >= 11 is 0. The highest BCUT2D eigenvalue weighted by molar-refractivity contribution is 5.92. The molecule has 23 heavy (non-hydrogen) atoms. The van der Waals surface area contributed by atoms with Crippen LogP contribution >= 0.6 is 0 Å². The fourth-order valence-electron chi connectivity index (χ4n) is 3.20. The smallest absolute Gasteiger partial charge is 0.274 e. The van der Waals surface area contributed by atoms with Crippen molar-refractivity contribution in [1.82, 2.24) is 20.0 Å². The van der Waals surface area contributed by atoms with Crippen molar-refractivity contribution in [2.45, 2.75) is 19.8 Å². The molecule has 0 aliphatic carbocycles. The molecular formula is C16H23N5O2. The second-order valence-corrected chi connectivity index (χ2v) is 6.40. The first kappa shape index (κ1) is 15.7. The quantitative estimate of drug-likeness (QED) is 0.765. The molecule has 0 radical (unpaired) electrons. The van der Waals surface area contributed by atoms with Gasteiger partial charge in [0.1, 0.15) is 0 Å². The van der Waals surface area contributed by atoms with Crippen LogP contribution < -0.4 is 4.90 Å². The fraction of sp³-hybridized carbons (Fsp3) is 0.625. The highest BCUT2D eigenvalue weighted by Gasteiger charge is 2.24. The maximum Gasteiger partial charge on any atom is 0.274 e. The molecule has 0 saturated carbocycles. The standard InChI is InChI=1S/C16H23N5O2/c1-13-3-2-6-21(11-13)16(23)14-4-5-15(18-17-14)20-9-7-19(12-22)8-10-20/h4-5,12-13H,2-3,6-11H2,1H3. The predicted molar refractivity (Wildman–Crippen MR) is 86.2 cm³/mol. The molecule has 1 aromatic heterocycles. The third-order valence-electron chi connectivity index (χ3n) is 4.60. The van der Waals surface area contributed by atoms with Gasteiger partial charge in [-0.2, -0.15) is 0 Å². The van der Waals surface area contributed by atoms with E-state index < -0.39 is 0 Å². The van der Waals surface area contributed by atoms with Gasteiger partial charge >= 0.3 is 0 Å². The monoisotopic (exact) mass is 317 g/mol. The van der Waals surface area contributed by atoms with Gasteiger partial charge in [-0.05, 0) is 30.9 Å². The Labute approximate surface area is 136 Å². The van der Waals surface area contributed by atoms with E-state index in [0.29, 0.717) is 24.7 Å². The fourth-order valence-corrected chi connectivity index (χ4v) is 3.20. The van der Waals surface area contributed by atoms with E-state index in [0.717, 1.165) is 44.8 Å². The van der Waals surface area contributed by atoms with Crippen molar-refractivity contribution in [3.05, 3.63) is 17.8 Å². The molecule has 1 atom stereocenters. The van der Waals surface area contributed by atoms with Gasteiger partial charge in [-0.25, -0.2) is 0 Å². The second-order valence-electron chi connectivity index (χ2n) is 6.40. The third-order valence-corrected chi connectivity index (χ3v) is 4.60. The Hall–Kier alpha value is -2.18. The zero-order valence-electron chi connectivity index (χ0n) is 13.5.